The van der Waals surface area contributed by atoms with E-state index in [1.54, 1.807) is 0 Å². The summed E-state index contributed by atoms with van der Waals surface area (Å²) in [5, 5.41) is 43.0. The molecule has 14 heteroatoms. The van der Waals surface area contributed by atoms with Gasteiger partial charge in [0.1, 0.15) is 18.1 Å². The molecule has 14 nitrogen and oxygen atoms in total. The summed E-state index contributed by atoms with van der Waals surface area (Å²) in [5.41, 5.74) is 5.62. The van der Waals surface area contributed by atoms with Gasteiger partial charge in [-0.05, 0) is 12.3 Å². The van der Waals surface area contributed by atoms with Crippen LogP contribution in [0.25, 0.3) is 0 Å². The van der Waals surface area contributed by atoms with Crippen LogP contribution in [0, 0.1) is 11.8 Å². The van der Waals surface area contributed by atoms with Crippen molar-refractivity contribution in [2.24, 2.45) is 17.6 Å². The van der Waals surface area contributed by atoms with Crippen molar-refractivity contribution in [3.05, 3.63) is 0 Å². The predicted octanol–water partition coefficient (Wildman–Crippen LogP) is -2.52. The number of aliphatic carboxylic acids is 3. The highest BCUT2D eigenvalue weighted by molar-refractivity contribution is 5.95. The Labute approximate surface area is 189 Å². The standard InChI is InChI=1S/C19H32N4O10/c1-8(2)14(19(32)33)22-17(30)11(6-13(27)28)21-18(31)15(9(3)7-24)23-16(29)10(20)4-5-12(25)26/h8-11,14-15,24H,4-7,20H2,1-3H3,(H,21,31)(H,22,30)(H,23,29)(H,25,26)(H,27,28)(H,32,33)/t9-,10+,11+,14+,15+/m1/s1. The second kappa shape index (κ2) is 14.0. The number of carboxylic acids is 3. The third kappa shape index (κ3) is 10.7. The summed E-state index contributed by atoms with van der Waals surface area (Å²) in [7, 11) is 0. The largest absolute Gasteiger partial charge is 0.481 e. The molecule has 0 fully saturated rings. The topological polar surface area (TPSA) is 245 Å². The number of nitrogens with two attached hydrogens (primary N) is 1. The van der Waals surface area contributed by atoms with Gasteiger partial charge in [-0.15, -0.1) is 0 Å². The van der Waals surface area contributed by atoms with Gasteiger partial charge in [0.25, 0.3) is 0 Å². The summed E-state index contributed by atoms with van der Waals surface area (Å²) in [4.78, 5) is 70.7. The quantitative estimate of drug-likeness (QED) is 0.122. The van der Waals surface area contributed by atoms with Crippen LogP contribution < -0.4 is 21.7 Å². The monoisotopic (exact) mass is 476 g/mol. The first-order valence-electron chi connectivity index (χ1n) is 10.1. The molecule has 9 N–H and O–H groups in total. The summed E-state index contributed by atoms with van der Waals surface area (Å²) >= 11 is 0. The second-order valence-corrected chi connectivity index (χ2v) is 7.91. The lowest BCUT2D eigenvalue weighted by atomic mass is 10.00. The summed E-state index contributed by atoms with van der Waals surface area (Å²) in [6, 6.07) is -5.74. The van der Waals surface area contributed by atoms with E-state index in [0.717, 1.165) is 0 Å². The number of rotatable bonds is 15. The molecular weight excluding hydrogens is 444 g/mol. The molecule has 0 saturated carbocycles. The molecule has 0 heterocycles. The van der Waals surface area contributed by atoms with Gasteiger partial charge in [0, 0.05) is 18.9 Å². The predicted molar refractivity (Wildman–Crippen MR) is 112 cm³/mol. The van der Waals surface area contributed by atoms with Crippen molar-refractivity contribution in [1.29, 1.82) is 0 Å². The molecule has 0 unspecified atom stereocenters. The fourth-order valence-corrected chi connectivity index (χ4v) is 2.65. The van der Waals surface area contributed by atoms with Crippen molar-refractivity contribution >= 4 is 35.6 Å². The Morgan fingerprint density at radius 2 is 1.33 bits per heavy atom. The molecule has 0 aromatic heterocycles. The zero-order valence-electron chi connectivity index (χ0n) is 18.6. The van der Waals surface area contributed by atoms with Crippen molar-refractivity contribution in [2.45, 2.75) is 64.2 Å². The SMILES string of the molecule is CC(C)[C@H](NC(=O)[C@H](CC(=O)O)NC(=O)[C@@H](NC(=O)[C@@H](N)CCC(=O)O)[C@H](C)CO)C(=O)O. The molecule has 0 bridgehead atoms. The van der Waals surface area contributed by atoms with Gasteiger partial charge in [0.05, 0.1) is 12.5 Å². The van der Waals surface area contributed by atoms with Gasteiger partial charge in [-0.25, -0.2) is 4.79 Å². The van der Waals surface area contributed by atoms with Crippen LogP contribution in [0.1, 0.15) is 40.0 Å². The van der Waals surface area contributed by atoms with Crippen molar-refractivity contribution in [1.82, 2.24) is 16.0 Å². The van der Waals surface area contributed by atoms with E-state index >= 15 is 0 Å². The van der Waals surface area contributed by atoms with Gasteiger partial charge in [0.2, 0.25) is 17.7 Å². The zero-order valence-corrected chi connectivity index (χ0v) is 18.6. The fraction of sp³-hybridized carbons (Fsp3) is 0.684. The normalized spacial score (nSPS) is 15.5. The lowest BCUT2D eigenvalue weighted by Crippen LogP contribution is -2.59. The van der Waals surface area contributed by atoms with Crippen molar-refractivity contribution < 1.29 is 49.2 Å². The molecule has 0 aromatic rings. The second-order valence-electron chi connectivity index (χ2n) is 7.91. The Morgan fingerprint density at radius 1 is 0.788 bits per heavy atom. The number of amides is 3. The number of carbonyl (C=O) groups excluding carboxylic acids is 3. The minimum absolute atomic E-state index is 0.223. The van der Waals surface area contributed by atoms with E-state index < -0.39 is 91.1 Å². The minimum Gasteiger partial charge on any atom is -0.481 e. The van der Waals surface area contributed by atoms with E-state index in [0.29, 0.717) is 0 Å². The fourth-order valence-electron chi connectivity index (χ4n) is 2.65. The van der Waals surface area contributed by atoms with Gasteiger partial charge in [-0.2, -0.15) is 0 Å². The maximum absolute atomic E-state index is 12.8. The maximum Gasteiger partial charge on any atom is 0.326 e. The molecule has 0 rings (SSSR count). The van der Waals surface area contributed by atoms with Crippen LogP contribution in [-0.2, 0) is 28.8 Å². The Balaban J connectivity index is 5.54. The number of carboxylic acid groups (broad SMARTS) is 3. The minimum atomic E-state index is -1.68. The number of carbonyl (C=O) groups is 6. The Hall–Kier alpha value is -3.26. The molecule has 0 aliphatic heterocycles. The summed E-state index contributed by atoms with van der Waals surface area (Å²) in [6.45, 7) is 3.85. The Bertz CT molecular complexity index is 742. The molecule has 0 saturated heterocycles. The van der Waals surface area contributed by atoms with Crippen LogP contribution in [0.2, 0.25) is 0 Å². The molecule has 3 amide bonds. The number of aliphatic hydroxyl groups excluding tert-OH is 1. The van der Waals surface area contributed by atoms with Crippen molar-refractivity contribution in [3.8, 4) is 0 Å². The first-order chi connectivity index (χ1) is 15.2. The van der Waals surface area contributed by atoms with E-state index in [1.807, 2.05) is 0 Å². The van der Waals surface area contributed by atoms with Gasteiger partial charge < -0.3 is 42.1 Å². The van der Waals surface area contributed by atoms with Crippen LogP contribution in [0.3, 0.4) is 0 Å². The third-order valence-electron chi connectivity index (χ3n) is 4.69. The molecule has 0 aliphatic carbocycles. The lowest BCUT2D eigenvalue weighted by molar-refractivity contribution is -0.145. The first kappa shape index (κ1) is 29.7. The van der Waals surface area contributed by atoms with E-state index in [4.69, 9.17) is 15.9 Å². The van der Waals surface area contributed by atoms with Crippen LogP contribution in [0.15, 0.2) is 0 Å². The molecular formula is C19H32N4O10. The summed E-state index contributed by atoms with van der Waals surface area (Å²) in [6.07, 6.45) is -1.50. The van der Waals surface area contributed by atoms with Crippen LogP contribution >= 0.6 is 0 Å². The summed E-state index contributed by atoms with van der Waals surface area (Å²) < 4.78 is 0. The van der Waals surface area contributed by atoms with E-state index in [9.17, 15) is 39.0 Å². The number of hydrogen-bond acceptors (Lipinski definition) is 8. The Morgan fingerprint density at radius 3 is 1.76 bits per heavy atom. The highest BCUT2D eigenvalue weighted by Gasteiger charge is 2.34. The highest BCUT2D eigenvalue weighted by atomic mass is 16.4. The van der Waals surface area contributed by atoms with Crippen molar-refractivity contribution in [2.75, 3.05) is 6.61 Å². The van der Waals surface area contributed by atoms with E-state index in [2.05, 4.69) is 16.0 Å². The van der Waals surface area contributed by atoms with Gasteiger partial charge in [-0.3, -0.25) is 24.0 Å². The molecule has 0 aliphatic rings. The molecule has 188 valence electrons. The lowest BCUT2D eigenvalue weighted by Gasteiger charge is -2.27. The highest BCUT2D eigenvalue weighted by Crippen LogP contribution is 2.07. The third-order valence-corrected chi connectivity index (χ3v) is 4.69. The molecule has 0 aromatic carbocycles. The maximum atomic E-state index is 12.8. The first-order valence-corrected chi connectivity index (χ1v) is 10.1. The number of hydrogen-bond donors (Lipinski definition) is 8. The van der Waals surface area contributed by atoms with Crippen LogP contribution in [0.4, 0.5) is 0 Å². The van der Waals surface area contributed by atoms with Crippen molar-refractivity contribution in [3.63, 3.8) is 0 Å². The van der Waals surface area contributed by atoms with Crippen LogP contribution in [-0.4, -0.2) is 86.8 Å². The van der Waals surface area contributed by atoms with E-state index in [-0.39, 0.29) is 6.42 Å². The van der Waals surface area contributed by atoms with Crippen LogP contribution in [0.5, 0.6) is 0 Å². The molecule has 0 radical (unpaired) electrons. The smallest absolute Gasteiger partial charge is 0.326 e. The van der Waals surface area contributed by atoms with Gasteiger partial charge in [-0.1, -0.05) is 20.8 Å². The molecule has 0 spiro atoms. The molecule has 5 atom stereocenters. The average molecular weight is 476 g/mol. The van der Waals surface area contributed by atoms with Gasteiger partial charge >= 0.3 is 17.9 Å². The average Bonchev–Trinajstić information content (AvgIpc) is 2.71. The Kier molecular flexibility index (Phi) is 12.6. The zero-order chi connectivity index (χ0) is 25.9. The number of aliphatic hydroxyl groups is 1. The number of nitrogens with one attached hydrogen (secondary N) is 3. The summed E-state index contributed by atoms with van der Waals surface area (Å²) in [5.74, 6) is -8.40. The van der Waals surface area contributed by atoms with Gasteiger partial charge in [0.15, 0.2) is 0 Å². The van der Waals surface area contributed by atoms with E-state index in [1.165, 1.54) is 20.8 Å². The molecule has 33 heavy (non-hydrogen) atoms.